The second kappa shape index (κ2) is 7.05. The summed E-state index contributed by atoms with van der Waals surface area (Å²) in [5, 5.41) is 9.86. The van der Waals surface area contributed by atoms with Crippen molar-refractivity contribution in [2.45, 2.75) is 48.4 Å². The minimum atomic E-state index is 0.630. The second-order valence-corrected chi connectivity index (χ2v) is 8.24. The maximum Gasteiger partial charge on any atom is 0.147 e. The largest absolute Gasteiger partial charge is 0.355 e. The van der Waals surface area contributed by atoms with E-state index in [9.17, 15) is 0 Å². The number of aromatic nitrogens is 2. The number of hydrogen-bond donors (Lipinski definition) is 0. The molecule has 0 radical (unpaired) electrons. The predicted octanol–water partition coefficient (Wildman–Crippen LogP) is 4.66. The van der Waals surface area contributed by atoms with Gasteiger partial charge in [-0.3, -0.25) is 0 Å². The third-order valence-electron chi connectivity index (χ3n) is 5.61. The number of nitrogens with zero attached hydrogens (tertiary/aromatic N) is 4. The molecule has 0 bridgehead atoms. The molecule has 4 rings (SSSR count). The van der Waals surface area contributed by atoms with Crippen LogP contribution in [0.5, 0.6) is 0 Å². The Kier molecular flexibility index (Phi) is 4.63. The summed E-state index contributed by atoms with van der Waals surface area (Å²) in [5.74, 6) is 0.989. The Labute approximate surface area is 153 Å². The van der Waals surface area contributed by atoms with Gasteiger partial charge >= 0.3 is 0 Å². The van der Waals surface area contributed by atoms with Crippen molar-refractivity contribution in [1.29, 1.82) is 5.26 Å². The minimum Gasteiger partial charge on any atom is -0.355 e. The average molecular weight is 350 g/mol. The zero-order valence-corrected chi connectivity index (χ0v) is 15.1. The molecule has 1 aliphatic heterocycles. The Morgan fingerprint density at radius 2 is 1.84 bits per heavy atom. The van der Waals surface area contributed by atoms with Gasteiger partial charge in [0.25, 0.3) is 0 Å². The summed E-state index contributed by atoms with van der Waals surface area (Å²) in [6, 6.07) is 9.75. The molecule has 0 amide bonds. The van der Waals surface area contributed by atoms with Gasteiger partial charge < -0.3 is 4.90 Å². The van der Waals surface area contributed by atoms with Crippen molar-refractivity contribution >= 4 is 17.6 Å². The molecule has 25 heavy (non-hydrogen) atoms. The molecule has 1 aromatic heterocycles. The van der Waals surface area contributed by atoms with Gasteiger partial charge in [0.15, 0.2) is 0 Å². The van der Waals surface area contributed by atoms with Gasteiger partial charge in [0.05, 0.1) is 24.0 Å². The second-order valence-electron chi connectivity index (χ2n) is 7.15. The van der Waals surface area contributed by atoms with E-state index in [0.717, 1.165) is 28.8 Å². The van der Waals surface area contributed by atoms with Gasteiger partial charge in [-0.1, -0.05) is 30.7 Å². The number of anilines is 1. The van der Waals surface area contributed by atoms with Crippen LogP contribution < -0.4 is 4.90 Å². The fourth-order valence-corrected chi connectivity index (χ4v) is 4.90. The molecule has 2 aliphatic rings. The Bertz CT molecular complexity index is 765. The van der Waals surface area contributed by atoms with E-state index in [1.54, 1.807) is 11.8 Å². The van der Waals surface area contributed by atoms with E-state index in [1.165, 1.54) is 38.5 Å². The van der Waals surface area contributed by atoms with Crippen LogP contribution in [0.1, 0.15) is 44.1 Å². The summed E-state index contributed by atoms with van der Waals surface area (Å²) in [7, 11) is 0. The Balaban J connectivity index is 1.39. The predicted molar refractivity (Wildman–Crippen MR) is 99.7 cm³/mol. The highest BCUT2D eigenvalue weighted by atomic mass is 32.2. The molecule has 1 spiro atoms. The summed E-state index contributed by atoms with van der Waals surface area (Å²) in [6.07, 6.45) is 12.0. The molecule has 5 heteroatoms. The molecule has 4 nitrogen and oxygen atoms in total. The number of rotatable bonds is 3. The lowest BCUT2D eigenvalue weighted by Gasteiger charge is -2.39. The van der Waals surface area contributed by atoms with E-state index in [2.05, 4.69) is 20.9 Å². The zero-order valence-electron chi connectivity index (χ0n) is 14.3. The molecule has 1 aromatic carbocycles. The van der Waals surface area contributed by atoms with Crippen molar-refractivity contribution in [2.75, 3.05) is 18.0 Å². The number of nitriles is 1. The zero-order chi connectivity index (χ0) is 17.1. The fraction of sp³-hybridized carbons (Fsp3) is 0.450. The van der Waals surface area contributed by atoms with Crippen LogP contribution in [0.3, 0.4) is 0 Å². The van der Waals surface area contributed by atoms with Gasteiger partial charge in [-0.25, -0.2) is 9.97 Å². The van der Waals surface area contributed by atoms with Crippen LogP contribution in [0.2, 0.25) is 0 Å². The lowest BCUT2D eigenvalue weighted by Crippen LogP contribution is -2.39. The molecule has 0 atom stereocenters. The molecule has 2 heterocycles. The third kappa shape index (κ3) is 3.64. The monoisotopic (exact) mass is 350 g/mol. The maximum atomic E-state index is 8.99. The van der Waals surface area contributed by atoms with Gasteiger partial charge in [0, 0.05) is 18.0 Å². The van der Waals surface area contributed by atoms with Gasteiger partial charge in [0.2, 0.25) is 0 Å². The van der Waals surface area contributed by atoms with E-state index in [1.807, 2.05) is 36.7 Å². The quantitative estimate of drug-likeness (QED) is 0.806. The van der Waals surface area contributed by atoms with Crippen LogP contribution in [0.25, 0.3) is 0 Å². The topological polar surface area (TPSA) is 52.8 Å². The molecule has 0 unspecified atom stereocenters. The Hall–Kier alpha value is -2.06. The summed E-state index contributed by atoms with van der Waals surface area (Å²) in [4.78, 5) is 12.6. The van der Waals surface area contributed by atoms with Crippen molar-refractivity contribution in [1.82, 2.24) is 9.97 Å². The summed E-state index contributed by atoms with van der Waals surface area (Å²) >= 11 is 1.54. The van der Waals surface area contributed by atoms with E-state index in [0.29, 0.717) is 11.0 Å². The standard InChI is InChI=1S/C20H22N4S/c21-13-16-4-3-5-17(12-16)25-19-15-22-18(14-23-19)24-10-8-20(9-11-24)6-1-2-7-20/h3-5,12,14-15H,1-2,6-11H2. The first-order valence-electron chi connectivity index (χ1n) is 9.01. The normalized spacial score (nSPS) is 19.1. The molecule has 2 aromatic rings. The van der Waals surface area contributed by atoms with Crippen molar-refractivity contribution in [3.05, 3.63) is 42.2 Å². The third-order valence-corrected chi connectivity index (χ3v) is 6.52. The van der Waals surface area contributed by atoms with Crippen LogP contribution >= 0.6 is 11.8 Å². The van der Waals surface area contributed by atoms with Crippen LogP contribution in [0, 0.1) is 16.7 Å². The summed E-state index contributed by atoms with van der Waals surface area (Å²) < 4.78 is 0. The highest BCUT2D eigenvalue weighted by Gasteiger charge is 2.37. The number of piperidine rings is 1. The molecule has 1 saturated carbocycles. The molecule has 1 aliphatic carbocycles. The molecule has 1 saturated heterocycles. The van der Waals surface area contributed by atoms with Crippen LogP contribution in [0.4, 0.5) is 5.82 Å². The summed E-state index contributed by atoms with van der Waals surface area (Å²) in [6.45, 7) is 2.21. The van der Waals surface area contributed by atoms with Gasteiger partial charge in [-0.15, -0.1) is 0 Å². The maximum absolute atomic E-state index is 8.99. The van der Waals surface area contributed by atoms with Crippen LogP contribution in [-0.4, -0.2) is 23.1 Å². The van der Waals surface area contributed by atoms with Crippen LogP contribution in [0.15, 0.2) is 46.6 Å². The highest BCUT2D eigenvalue weighted by molar-refractivity contribution is 7.99. The first-order chi connectivity index (χ1) is 12.3. The Morgan fingerprint density at radius 3 is 2.52 bits per heavy atom. The van der Waals surface area contributed by atoms with Crippen molar-refractivity contribution in [2.24, 2.45) is 5.41 Å². The van der Waals surface area contributed by atoms with Crippen LogP contribution in [-0.2, 0) is 0 Å². The SMILES string of the molecule is N#Cc1cccc(Sc2cnc(N3CCC4(CCCC4)CC3)cn2)c1. The van der Waals surface area contributed by atoms with Gasteiger partial charge in [0.1, 0.15) is 10.8 Å². The molecule has 2 fully saturated rings. The number of benzene rings is 1. The minimum absolute atomic E-state index is 0.630. The molecule has 128 valence electrons. The molecular formula is C20H22N4S. The Morgan fingerprint density at radius 1 is 1.04 bits per heavy atom. The summed E-state index contributed by atoms with van der Waals surface area (Å²) in [5.41, 5.74) is 1.30. The van der Waals surface area contributed by atoms with Gasteiger partial charge in [-0.2, -0.15) is 5.26 Å². The fourth-order valence-electron chi connectivity index (χ4n) is 4.11. The highest BCUT2D eigenvalue weighted by Crippen LogP contribution is 2.46. The van der Waals surface area contributed by atoms with E-state index < -0.39 is 0 Å². The number of hydrogen-bond acceptors (Lipinski definition) is 5. The van der Waals surface area contributed by atoms with Crippen molar-refractivity contribution in [3.8, 4) is 6.07 Å². The lowest BCUT2D eigenvalue weighted by atomic mass is 9.77. The van der Waals surface area contributed by atoms with E-state index >= 15 is 0 Å². The van der Waals surface area contributed by atoms with Crippen molar-refractivity contribution < 1.29 is 0 Å². The molecule has 0 N–H and O–H groups in total. The van der Waals surface area contributed by atoms with E-state index in [-0.39, 0.29) is 0 Å². The van der Waals surface area contributed by atoms with Gasteiger partial charge in [-0.05, 0) is 49.3 Å². The van der Waals surface area contributed by atoms with E-state index in [4.69, 9.17) is 5.26 Å². The molecular weight excluding hydrogens is 328 g/mol. The average Bonchev–Trinajstić information content (AvgIpc) is 3.11. The van der Waals surface area contributed by atoms with Crippen molar-refractivity contribution in [3.63, 3.8) is 0 Å². The first kappa shape index (κ1) is 16.4. The lowest BCUT2D eigenvalue weighted by molar-refractivity contribution is 0.226. The first-order valence-corrected chi connectivity index (χ1v) is 9.83. The smallest absolute Gasteiger partial charge is 0.147 e.